The van der Waals surface area contributed by atoms with Crippen LogP contribution in [0, 0.1) is 0 Å². The second-order valence-corrected chi connectivity index (χ2v) is 6.52. The zero-order valence-corrected chi connectivity index (χ0v) is 12.6. The number of morpholine rings is 1. The molecule has 0 bridgehead atoms. The lowest BCUT2D eigenvalue weighted by molar-refractivity contribution is -0.0471. The van der Waals surface area contributed by atoms with E-state index >= 15 is 0 Å². The van der Waals surface area contributed by atoms with Crippen LogP contribution >= 0.6 is 0 Å². The third kappa shape index (κ3) is 2.84. The third-order valence-corrected chi connectivity index (χ3v) is 5.05. The Bertz CT molecular complexity index is 488. The molecule has 0 saturated carbocycles. The average Bonchev–Trinajstić information content (AvgIpc) is 3.14. The van der Waals surface area contributed by atoms with Gasteiger partial charge < -0.3 is 14.6 Å². The summed E-state index contributed by atoms with van der Waals surface area (Å²) in [5.41, 5.74) is 0. The maximum atomic E-state index is 5.98. The number of nitrogens with zero attached hydrogens (tertiary/aromatic N) is 4. The lowest BCUT2D eigenvalue weighted by atomic mass is 10.1. The topological polar surface area (TPSA) is 55.2 Å². The lowest BCUT2D eigenvalue weighted by Crippen LogP contribution is -2.49. The summed E-state index contributed by atoms with van der Waals surface area (Å²) in [6, 6.07) is 0.685. The first-order valence-electron chi connectivity index (χ1n) is 8.37. The third-order valence-electron chi connectivity index (χ3n) is 5.05. The number of rotatable bonds is 4. The van der Waals surface area contributed by atoms with Crippen LogP contribution in [0.15, 0.2) is 0 Å². The Balaban J connectivity index is 1.27. The lowest BCUT2D eigenvalue weighted by Gasteiger charge is -2.35. The summed E-state index contributed by atoms with van der Waals surface area (Å²) in [6.45, 7) is 6.03. The first-order chi connectivity index (χ1) is 10.4. The first-order valence-corrected chi connectivity index (χ1v) is 8.37. The van der Waals surface area contributed by atoms with Crippen molar-refractivity contribution in [2.45, 2.75) is 57.3 Å². The summed E-state index contributed by atoms with van der Waals surface area (Å²) >= 11 is 0. The normalized spacial score (nSPS) is 29.3. The Morgan fingerprint density at radius 3 is 3.19 bits per heavy atom. The smallest absolute Gasteiger partial charge is 0.147 e. The van der Waals surface area contributed by atoms with Crippen LogP contribution in [0.1, 0.15) is 37.3 Å². The van der Waals surface area contributed by atoms with Crippen LogP contribution in [0.4, 0.5) is 0 Å². The van der Waals surface area contributed by atoms with Crippen molar-refractivity contribution >= 4 is 0 Å². The highest BCUT2D eigenvalue weighted by Gasteiger charge is 2.31. The van der Waals surface area contributed by atoms with Gasteiger partial charge in [-0.2, -0.15) is 0 Å². The van der Waals surface area contributed by atoms with E-state index in [1.54, 1.807) is 0 Å². The number of nitrogens with one attached hydrogen (secondary N) is 1. The average molecular weight is 291 g/mol. The zero-order valence-electron chi connectivity index (χ0n) is 12.6. The van der Waals surface area contributed by atoms with Crippen LogP contribution in [0.25, 0.3) is 0 Å². The maximum Gasteiger partial charge on any atom is 0.147 e. The van der Waals surface area contributed by atoms with E-state index < -0.39 is 0 Å². The molecule has 0 radical (unpaired) electrons. The second kappa shape index (κ2) is 6.02. The van der Waals surface area contributed by atoms with Gasteiger partial charge in [0.2, 0.25) is 0 Å². The minimum Gasteiger partial charge on any atom is -0.374 e. The van der Waals surface area contributed by atoms with Gasteiger partial charge in [0.1, 0.15) is 11.6 Å². The molecule has 116 valence electrons. The molecule has 2 saturated heterocycles. The molecule has 6 heteroatoms. The van der Waals surface area contributed by atoms with Gasteiger partial charge in [-0.15, -0.1) is 10.2 Å². The fourth-order valence-electron chi connectivity index (χ4n) is 3.85. The molecule has 2 unspecified atom stereocenters. The zero-order chi connectivity index (χ0) is 14.1. The summed E-state index contributed by atoms with van der Waals surface area (Å²) < 4.78 is 8.26. The highest BCUT2D eigenvalue weighted by molar-refractivity contribution is 4.98. The van der Waals surface area contributed by atoms with Crippen molar-refractivity contribution in [2.75, 3.05) is 26.2 Å². The van der Waals surface area contributed by atoms with Gasteiger partial charge in [0.15, 0.2) is 0 Å². The van der Waals surface area contributed by atoms with Gasteiger partial charge in [0, 0.05) is 32.1 Å². The Labute approximate surface area is 125 Å². The largest absolute Gasteiger partial charge is 0.374 e. The number of ether oxygens (including phenoxy) is 1. The quantitative estimate of drug-likeness (QED) is 0.879. The van der Waals surface area contributed by atoms with E-state index in [4.69, 9.17) is 4.74 Å². The highest BCUT2D eigenvalue weighted by atomic mass is 16.5. The summed E-state index contributed by atoms with van der Waals surface area (Å²) in [7, 11) is 0. The second-order valence-electron chi connectivity index (χ2n) is 6.52. The monoisotopic (exact) mass is 291 g/mol. The van der Waals surface area contributed by atoms with Crippen LogP contribution in [0.5, 0.6) is 0 Å². The van der Waals surface area contributed by atoms with Gasteiger partial charge >= 0.3 is 0 Å². The molecule has 6 nitrogen and oxygen atoms in total. The van der Waals surface area contributed by atoms with Gasteiger partial charge in [-0.1, -0.05) is 0 Å². The first kappa shape index (κ1) is 13.7. The summed E-state index contributed by atoms with van der Waals surface area (Å²) in [4.78, 5) is 2.59. The predicted molar refractivity (Wildman–Crippen MR) is 79.0 cm³/mol. The molecular weight excluding hydrogens is 266 g/mol. The number of fused-ring (bicyclic) bond motifs is 2. The SMILES string of the molecule is C1CCn2c(nnc2CNCC2CN3CCCC3CO2)C1. The van der Waals surface area contributed by atoms with Crippen LogP contribution in [0.3, 0.4) is 0 Å². The van der Waals surface area contributed by atoms with Gasteiger partial charge in [-0.05, 0) is 32.2 Å². The van der Waals surface area contributed by atoms with E-state index in [1.807, 2.05) is 0 Å². The van der Waals surface area contributed by atoms with Crippen LogP contribution in [-0.4, -0.2) is 58.1 Å². The van der Waals surface area contributed by atoms with E-state index in [9.17, 15) is 0 Å². The summed E-state index contributed by atoms with van der Waals surface area (Å²) in [5.74, 6) is 2.24. The minimum atomic E-state index is 0.322. The predicted octanol–water partition coefficient (Wildman–Crippen LogP) is 0.567. The molecule has 3 aliphatic heterocycles. The molecule has 0 aromatic carbocycles. The Morgan fingerprint density at radius 2 is 2.19 bits per heavy atom. The molecule has 0 aliphatic carbocycles. The van der Waals surface area contributed by atoms with Crippen molar-refractivity contribution in [2.24, 2.45) is 0 Å². The van der Waals surface area contributed by atoms with Gasteiger partial charge in [-0.25, -0.2) is 0 Å². The molecule has 0 amide bonds. The van der Waals surface area contributed by atoms with E-state index in [1.165, 1.54) is 32.2 Å². The van der Waals surface area contributed by atoms with Crippen LogP contribution in [0.2, 0.25) is 0 Å². The molecule has 0 spiro atoms. The van der Waals surface area contributed by atoms with Crippen molar-refractivity contribution in [3.05, 3.63) is 11.6 Å². The number of hydrogen-bond acceptors (Lipinski definition) is 5. The summed E-state index contributed by atoms with van der Waals surface area (Å²) in [5, 5.41) is 12.1. The van der Waals surface area contributed by atoms with Gasteiger partial charge in [-0.3, -0.25) is 4.90 Å². The van der Waals surface area contributed by atoms with E-state index in [2.05, 4.69) is 25.0 Å². The molecule has 21 heavy (non-hydrogen) atoms. The highest BCUT2D eigenvalue weighted by Crippen LogP contribution is 2.22. The van der Waals surface area contributed by atoms with Crippen molar-refractivity contribution < 1.29 is 4.74 Å². The van der Waals surface area contributed by atoms with Gasteiger partial charge in [0.05, 0.1) is 19.3 Å². The van der Waals surface area contributed by atoms with Crippen molar-refractivity contribution in [3.63, 3.8) is 0 Å². The fraction of sp³-hybridized carbons (Fsp3) is 0.867. The molecule has 2 fully saturated rings. The Hall–Kier alpha value is -0.980. The molecule has 3 aliphatic rings. The van der Waals surface area contributed by atoms with E-state index in [0.717, 1.165) is 50.9 Å². The molecule has 1 aromatic rings. The van der Waals surface area contributed by atoms with Gasteiger partial charge in [0.25, 0.3) is 0 Å². The fourth-order valence-corrected chi connectivity index (χ4v) is 3.85. The minimum absolute atomic E-state index is 0.322. The molecular formula is C15H25N5O. The number of hydrogen-bond donors (Lipinski definition) is 1. The molecule has 1 N–H and O–H groups in total. The van der Waals surface area contributed by atoms with Crippen LogP contribution in [-0.2, 0) is 24.2 Å². The van der Waals surface area contributed by atoms with E-state index in [-0.39, 0.29) is 0 Å². The molecule has 1 aromatic heterocycles. The van der Waals surface area contributed by atoms with Crippen molar-refractivity contribution in [3.8, 4) is 0 Å². The molecule has 4 heterocycles. The Morgan fingerprint density at radius 1 is 1.19 bits per heavy atom. The maximum absolute atomic E-state index is 5.98. The van der Waals surface area contributed by atoms with Crippen LogP contribution < -0.4 is 5.32 Å². The Kier molecular flexibility index (Phi) is 3.92. The van der Waals surface area contributed by atoms with E-state index in [0.29, 0.717) is 12.1 Å². The number of aromatic nitrogens is 3. The standard InChI is InChI=1S/C15H25N5O/c1-2-7-20-14(5-1)17-18-15(20)9-16-8-13-10-19-6-3-4-12(19)11-21-13/h12-13,16H,1-11H2. The summed E-state index contributed by atoms with van der Waals surface area (Å²) in [6.07, 6.45) is 6.54. The molecule has 2 atom stereocenters. The molecule has 4 rings (SSSR count). The van der Waals surface area contributed by atoms with Crippen molar-refractivity contribution in [1.29, 1.82) is 0 Å². The van der Waals surface area contributed by atoms with Crippen molar-refractivity contribution in [1.82, 2.24) is 25.0 Å². The number of aryl methyl sites for hydroxylation is 1.